The van der Waals surface area contributed by atoms with E-state index in [0.29, 0.717) is 11.7 Å². The summed E-state index contributed by atoms with van der Waals surface area (Å²) in [6.07, 6.45) is 9.97. The van der Waals surface area contributed by atoms with Crippen LogP contribution in [0.2, 0.25) is 0 Å². The van der Waals surface area contributed by atoms with E-state index in [2.05, 4.69) is 13.8 Å². The first kappa shape index (κ1) is 15.5. The molecular weight excluding hydrogens is 264 g/mol. The van der Waals surface area contributed by atoms with E-state index < -0.39 is 0 Å². The van der Waals surface area contributed by atoms with Crippen LogP contribution in [0.1, 0.15) is 71.6 Å². The molecule has 120 valence electrons. The number of hydrogen-bond donors (Lipinski definition) is 0. The summed E-state index contributed by atoms with van der Waals surface area (Å²) in [7, 11) is 0. The summed E-state index contributed by atoms with van der Waals surface area (Å²) in [5.74, 6) is 1.28. The molecule has 0 N–H and O–H groups in total. The minimum atomic E-state index is -0.00275. The first-order chi connectivity index (χ1) is 10.1. The van der Waals surface area contributed by atoms with Gasteiger partial charge >= 0.3 is 0 Å². The quantitative estimate of drug-likeness (QED) is 0.786. The van der Waals surface area contributed by atoms with Crippen LogP contribution in [0.3, 0.4) is 0 Å². The lowest BCUT2D eigenvalue weighted by atomic mass is 9.54. The summed E-state index contributed by atoms with van der Waals surface area (Å²) in [5, 5.41) is 0. The third-order valence-electron chi connectivity index (χ3n) is 6.27. The molecular formula is C18H30O3. The SMILES string of the molecule is CC[C@@H]1C(=O)CC[C@]2(C)[C@@H](OC3CCCCO3)CCC[C@@H]12. The Morgan fingerprint density at radius 2 is 2.10 bits per heavy atom. The predicted octanol–water partition coefficient (Wildman–Crippen LogP) is 4.09. The molecule has 1 unspecified atom stereocenters. The number of carbonyl (C=O) groups excluding carboxylic acids is 1. The van der Waals surface area contributed by atoms with Crippen LogP contribution < -0.4 is 0 Å². The van der Waals surface area contributed by atoms with Crippen molar-refractivity contribution in [3.05, 3.63) is 0 Å². The number of fused-ring (bicyclic) bond motifs is 1. The van der Waals surface area contributed by atoms with Gasteiger partial charge in [0.15, 0.2) is 6.29 Å². The number of ether oxygens (including phenoxy) is 2. The van der Waals surface area contributed by atoms with Crippen molar-refractivity contribution in [3.8, 4) is 0 Å². The van der Waals surface area contributed by atoms with Crippen molar-refractivity contribution >= 4 is 5.78 Å². The summed E-state index contributed by atoms with van der Waals surface area (Å²) in [4.78, 5) is 12.3. The number of rotatable bonds is 3. The van der Waals surface area contributed by atoms with E-state index in [-0.39, 0.29) is 23.7 Å². The highest BCUT2D eigenvalue weighted by Gasteiger charge is 2.52. The summed E-state index contributed by atoms with van der Waals surface area (Å²) < 4.78 is 12.2. The standard InChI is InChI=1S/C18H30O3/c1-3-13-14-7-6-8-16(18(14,2)11-10-15(13)19)21-17-9-4-5-12-20-17/h13-14,16-17H,3-12H2,1-2H3/t13-,14-,16-,17?,18-/m0/s1. The topological polar surface area (TPSA) is 35.5 Å². The molecule has 1 aliphatic heterocycles. The van der Waals surface area contributed by atoms with Gasteiger partial charge in [0, 0.05) is 18.9 Å². The van der Waals surface area contributed by atoms with E-state index >= 15 is 0 Å². The van der Waals surface area contributed by atoms with Crippen molar-refractivity contribution in [1.29, 1.82) is 0 Å². The normalized spacial score (nSPS) is 44.4. The smallest absolute Gasteiger partial charge is 0.157 e. The molecule has 21 heavy (non-hydrogen) atoms. The Morgan fingerprint density at radius 3 is 2.81 bits per heavy atom. The zero-order chi connectivity index (χ0) is 14.9. The Bertz CT molecular complexity index is 375. The van der Waals surface area contributed by atoms with Crippen LogP contribution in [0, 0.1) is 17.3 Å². The lowest BCUT2D eigenvalue weighted by molar-refractivity contribution is -0.232. The average molecular weight is 294 g/mol. The number of hydrogen-bond acceptors (Lipinski definition) is 3. The predicted molar refractivity (Wildman–Crippen MR) is 81.9 cm³/mol. The van der Waals surface area contributed by atoms with Crippen LogP contribution in [-0.4, -0.2) is 24.8 Å². The van der Waals surface area contributed by atoms with Crippen molar-refractivity contribution in [1.82, 2.24) is 0 Å². The zero-order valence-electron chi connectivity index (χ0n) is 13.6. The first-order valence-corrected chi connectivity index (χ1v) is 8.95. The van der Waals surface area contributed by atoms with Crippen LogP contribution in [0.4, 0.5) is 0 Å². The molecule has 0 aromatic carbocycles. The lowest BCUT2D eigenvalue weighted by Gasteiger charge is -2.53. The van der Waals surface area contributed by atoms with Gasteiger partial charge in [-0.15, -0.1) is 0 Å². The van der Waals surface area contributed by atoms with Gasteiger partial charge in [0.2, 0.25) is 0 Å². The molecule has 2 saturated carbocycles. The van der Waals surface area contributed by atoms with Gasteiger partial charge in [0.1, 0.15) is 5.78 Å². The molecule has 0 radical (unpaired) electrons. The van der Waals surface area contributed by atoms with E-state index in [1.807, 2.05) is 0 Å². The Morgan fingerprint density at radius 1 is 1.24 bits per heavy atom. The molecule has 1 saturated heterocycles. The van der Waals surface area contributed by atoms with E-state index in [9.17, 15) is 4.79 Å². The van der Waals surface area contributed by atoms with Crippen molar-refractivity contribution in [2.75, 3.05) is 6.61 Å². The molecule has 0 spiro atoms. The Kier molecular flexibility index (Phi) is 4.70. The van der Waals surface area contributed by atoms with Crippen molar-refractivity contribution in [2.24, 2.45) is 17.3 Å². The maximum absolute atomic E-state index is 12.3. The van der Waals surface area contributed by atoms with Crippen LogP contribution in [0.25, 0.3) is 0 Å². The first-order valence-electron chi connectivity index (χ1n) is 8.95. The molecule has 1 heterocycles. The highest BCUT2D eigenvalue weighted by molar-refractivity contribution is 5.82. The van der Waals surface area contributed by atoms with Gasteiger partial charge in [-0.1, -0.05) is 20.3 Å². The third-order valence-corrected chi connectivity index (χ3v) is 6.27. The summed E-state index contributed by atoms with van der Waals surface area (Å²) in [5.41, 5.74) is 0.174. The molecule has 3 rings (SSSR count). The van der Waals surface area contributed by atoms with Crippen LogP contribution in [0.15, 0.2) is 0 Å². The summed E-state index contributed by atoms with van der Waals surface area (Å²) in [6.45, 7) is 5.38. The number of carbonyl (C=O) groups is 1. The Hall–Kier alpha value is -0.410. The monoisotopic (exact) mass is 294 g/mol. The van der Waals surface area contributed by atoms with Gasteiger partial charge in [0.25, 0.3) is 0 Å². The molecule has 3 heteroatoms. The van der Waals surface area contributed by atoms with E-state index in [1.54, 1.807) is 0 Å². The van der Waals surface area contributed by atoms with E-state index in [4.69, 9.17) is 9.47 Å². The number of Topliss-reactive ketones (excluding diaryl/α,β-unsaturated/α-hetero) is 1. The second-order valence-corrected chi connectivity index (χ2v) is 7.45. The lowest BCUT2D eigenvalue weighted by Crippen LogP contribution is -2.52. The van der Waals surface area contributed by atoms with Crippen molar-refractivity contribution in [3.63, 3.8) is 0 Å². The molecule has 0 amide bonds. The van der Waals surface area contributed by atoms with Gasteiger partial charge in [-0.2, -0.15) is 0 Å². The van der Waals surface area contributed by atoms with E-state index in [1.165, 1.54) is 19.3 Å². The second kappa shape index (κ2) is 6.37. The third kappa shape index (κ3) is 2.92. The summed E-state index contributed by atoms with van der Waals surface area (Å²) >= 11 is 0. The molecule has 0 aromatic heterocycles. The maximum atomic E-state index is 12.3. The fourth-order valence-electron chi connectivity index (χ4n) is 4.97. The minimum Gasteiger partial charge on any atom is -0.353 e. The zero-order valence-corrected chi connectivity index (χ0v) is 13.6. The van der Waals surface area contributed by atoms with Crippen LogP contribution >= 0.6 is 0 Å². The highest BCUT2D eigenvalue weighted by Crippen LogP contribution is 2.53. The largest absolute Gasteiger partial charge is 0.353 e. The fourth-order valence-corrected chi connectivity index (χ4v) is 4.97. The molecule has 3 aliphatic rings. The summed E-state index contributed by atoms with van der Waals surface area (Å²) in [6, 6.07) is 0. The maximum Gasteiger partial charge on any atom is 0.157 e. The van der Waals surface area contributed by atoms with Gasteiger partial charge in [-0.25, -0.2) is 0 Å². The Labute approximate surface area is 128 Å². The van der Waals surface area contributed by atoms with Crippen LogP contribution in [-0.2, 0) is 14.3 Å². The average Bonchev–Trinajstić information content (AvgIpc) is 2.50. The van der Waals surface area contributed by atoms with Gasteiger partial charge in [-0.3, -0.25) is 4.79 Å². The molecule has 0 bridgehead atoms. The molecule has 3 nitrogen and oxygen atoms in total. The molecule has 2 aliphatic carbocycles. The molecule has 3 fully saturated rings. The highest BCUT2D eigenvalue weighted by atomic mass is 16.7. The molecule has 5 atom stereocenters. The molecule has 0 aromatic rings. The van der Waals surface area contributed by atoms with E-state index in [0.717, 1.165) is 45.1 Å². The van der Waals surface area contributed by atoms with Crippen molar-refractivity contribution in [2.45, 2.75) is 84.0 Å². The van der Waals surface area contributed by atoms with Gasteiger partial charge in [0.05, 0.1) is 6.10 Å². The van der Waals surface area contributed by atoms with Gasteiger partial charge < -0.3 is 9.47 Å². The fraction of sp³-hybridized carbons (Fsp3) is 0.944. The van der Waals surface area contributed by atoms with Gasteiger partial charge in [-0.05, 0) is 56.3 Å². The minimum absolute atomic E-state index is 0.00275. The van der Waals surface area contributed by atoms with Crippen LogP contribution in [0.5, 0.6) is 0 Å². The number of ketones is 1. The second-order valence-electron chi connectivity index (χ2n) is 7.45. The van der Waals surface area contributed by atoms with Crippen molar-refractivity contribution < 1.29 is 14.3 Å². The Balaban J connectivity index is 1.73.